The Morgan fingerprint density at radius 2 is 2.29 bits per heavy atom. The van der Waals surface area contributed by atoms with E-state index < -0.39 is 0 Å². The molecule has 0 aliphatic rings. The first-order chi connectivity index (χ1) is 8.26. The fourth-order valence-electron chi connectivity index (χ4n) is 1.86. The van der Waals surface area contributed by atoms with Gasteiger partial charge in [-0.25, -0.2) is 4.98 Å². The lowest BCUT2D eigenvalue weighted by Crippen LogP contribution is -2.06. The number of ether oxygens (including phenoxy) is 1. The van der Waals surface area contributed by atoms with Crippen LogP contribution in [0.2, 0.25) is 5.02 Å². The molecule has 4 nitrogen and oxygen atoms in total. The zero-order valence-corrected chi connectivity index (χ0v) is 10.4. The van der Waals surface area contributed by atoms with E-state index in [1.54, 1.807) is 7.11 Å². The highest BCUT2D eigenvalue weighted by Crippen LogP contribution is 2.21. The van der Waals surface area contributed by atoms with Crippen LogP contribution in [0, 0.1) is 0 Å². The summed E-state index contributed by atoms with van der Waals surface area (Å²) in [5.74, 6) is 0.859. The van der Waals surface area contributed by atoms with E-state index in [9.17, 15) is 0 Å². The summed E-state index contributed by atoms with van der Waals surface area (Å²) >= 11 is 5.99. The number of rotatable bonds is 5. The van der Waals surface area contributed by atoms with Crippen LogP contribution in [0.3, 0.4) is 0 Å². The van der Waals surface area contributed by atoms with E-state index in [4.69, 9.17) is 21.4 Å². The van der Waals surface area contributed by atoms with Gasteiger partial charge in [0.1, 0.15) is 12.4 Å². The molecule has 0 saturated heterocycles. The van der Waals surface area contributed by atoms with Gasteiger partial charge in [0.2, 0.25) is 0 Å². The molecule has 0 aliphatic carbocycles. The van der Waals surface area contributed by atoms with Gasteiger partial charge >= 0.3 is 0 Å². The van der Waals surface area contributed by atoms with Crippen LogP contribution < -0.4 is 0 Å². The first kappa shape index (κ1) is 12.4. The molecule has 1 heterocycles. The number of aliphatic hydroxyl groups is 1. The molecule has 0 spiro atoms. The molecule has 0 unspecified atom stereocenters. The fourth-order valence-corrected chi connectivity index (χ4v) is 2.03. The largest absolute Gasteiger partial charge is 0.396 e. The van der Waals surface area contributed by atoms with Crippen molar-refractivity contribution in [3.8, 4) is 0 Å². The van der Waals surface area contributed by atoms with E-state index in [1.165, 1.54) is 0 Å². The summed E-state index contributed by atoms with van der Waals surface area (Å²) in [6.45, 7) is 1.33. The van der Waals surface area contributed by atoms with Crippen LogP contribution in [0.15, 0.2) is 18.2 Å². The number of imidazole rings is 1. The smallest absolute Gasteiger partial charge is 0.135 e. The van der Waals surface area contributed by atoms with Gasteiger partial charge in [-0.2, -0.15) is 0 Å². The molecule has 1 aromatic heterocycles. The topological polar surface area (TPSA) is 47.3 Å². The van der Waals surface area contributed by atoms with E-state index in [0.717, 1.165) is 16.9 Å². The first-order valence-electron chi connectivity index (χ1n) is 5.50. The maximum absolute atomic E-state index is 8.92. The Bertz CT molecular complexity index is 510. The predicted molar refractivity (Wildman–Crippen MR) is 67.2 cm³/mol. The molecular formula is C12H15ClN2O2. The number of fused-ring (bicyclic) bond motifs is 1. The van der Waals surface area contributed by atoms with Gasteiger partial charge in [0.05, 0.1) is 11.0 Å². The van der Waals surface area contributed by atoms with Crippen molar-refractivity contribution in [3.63, 3.8) is 0 Å². The number of aromatic nitrogens is 2. The standard InChI is InChI=1S/C12H15ClN2O2/c1-17-8-12-14-10-4-3-9(13)7-11(10)15(12)5-2-6-16/h3-4,7,16H,2,5-6,8H2,1H3. The second-order valence-corrected chi connectivity index (χ2v) is 4.26. The van der Waals surface area contributed by atoms with Gasteiger partial charge in [-0.1, -0.05) is 11.6 Å². The summed E-state index contributed by atoms with van der Waals surface area (Å²) in [5.41, 5.74) is 1.89. The van der Waals surface area contributed by atoms with Crippen molar-refractivity contribution >= 4 is 22.6 Å². The second kappa shape index (κ2) is 5.49. The van der Waals surface area contributed by atoms with E-state index >= 15 is 0 Å². The second-order valence-electron chi connectivity index (χ2n) is 3.82. The van der Waals surface area contributed by atoms with Gasteiger partial charge < -0.3 is 14.4 Å². The Morgan fingerprint density at radius 1 is 1.47 bits per heavy atom. The summed E-state index contributed by atoms with van der Waals surface area (Å²) in [6, 6.07) is 5.61. The Balaban J connectivity index is 2.47. The lowest BCUT2D eigenvalue weighted by atomic mass is 10.3. The molecule has 92 valence electrons. The highest BCUT2D eigenvalue weighted by Gasteiger charge is 2.10. The van der Waals surface area contributed by atoms with Crippen LogP contribution >= 0.6 is 11.6 Å². The molecule has 5 heteroatoms. The van der Waals surface area contributed by atoms with Gasteiger partial charge in [-0.15, -0.1) is 0 Å². The summed E-state index contributed by atoms with van der Waals surface area (Å²) < 4.78 is 7.17. The Hall–Kier alpha value is -1.10. The third kappa shape index (κ3) is 2.60. The number of aliphatic hydroxyl groups excluding tert-OH is 1. The summed E-state index contributed by atoms with van der Waals surface area (Å²) in [6.07, 6.45) is 0.689. The van der Waals surface area contributed by atoms with Crippen LogP contribution in [-0.4, -0.2) is 28.4 Å². The van der Waals surface area contributed by atoms with Crippen molar-refractivity contribution in [1.29, 1.82) is 0 Å². The van der Waals surface area contributed by atoms with Crippen molar-refractivity contribution < 1.29 is 9.84 Å². The molecule has 17 heavy (non-hydrogen) atoms. The van der Waals surface area contributed by atoms with Crippen molar-refractivity contribution in [2.45, 2.75) is 19.6 Å². The summed E-state index contributed by atoms with van der Waals surface area (Å²) in [7, 11) is 1.64. The molecule has 0 radical (unpaired) electrons. The molecule has 1 aromatic carbocycles. The molecule has 2 aromatic rings. The monoisotopic (exact) mass is 254 g/mol. The van der Waals surface area contributed by atoms with Crippen molar-refractivity contribution in [3.05, 3.63) is 29.0 Å². The third-order valence-corrected chi connectivity index (χ3v) is 2.84. The van der Waals surface area contributed by atoms with Crippen molar-refractivity contribution in [1.82, 2.24) is 9.55 Å². The molecule has 0 bridgehead atoms. The highest BCUT2D eigenvalue weighted by atomic mass is 35.5. The van der Waals surface area contributed by atoms with Crippen LogP contribution in [0.25, 0.3) is 11.0 Å². The molecule has 0 fully saturated rings. The van der Waals surface area contributed by atoms with E-state index in [2.05, 4.69) is 4.98 Å². The lowest BCUT2D eigenvalue weighted by Gasteiger charge is -2.07. The molecule has 1 N–H and O–H groups in total. The molecule has 0 aliphatic heterocycles. The van der Waals surface area contributed by atoms with Crippen LogP contribution in [0.1, 0.15) is 12.2 Å². The molecule has 0 saturated carbocycles. The number of methoxy groups -OCH3 is 1. The number of benzene rings is 1. The highest BCUT2D eigenvalue weighted by molar-refractivity contribution is 6.31. The van der Waals surface area contributed by atoms with Gasteiger partial charge in [-0.3, -0.25) is 0 Å². The predicted octanol–water partition coefficient (Wildman–Crippen LogP) is 2.22. The molecular weight excluding hydrogens is 240 g/mol. The van der Waals surface area contributed by atoms with Crippen LogP contribution in [-0.2, 0) is 17.9 Å². The molecule has 0 atom stereocenters. The normalized spacial score (nSPS) is 11.2. The fraction of sp³-hybridized carbons (Fsp3) is 0.417. The minimum atomic E-state index is 0.159. The first-order valence-corrected chi connectivity index (χ1v) is 5.88. The van der Waals surface area contributed by atoms with E-state index in [1.807, 2.05) is 22.8 Å². The van der Waals surface area contributed by atoms with Gasteiger partial charge in [-0.05, 0) is 24.6 Å². The SMILES string of the molecule is COCc1nc2ccc(Cl)cc2n1CCCO. The zero-order valence-electron chi connectivity index (χ0n) is 9.69. The molecule has 2 rings (SSSR count). The number of hydrogen-bond acceptors (Lipinski definition) is 3. The summed E-state index contributed by atoms with van der Waals surface area (Å²) in [4.78, 5) is 4.49. The third-order valence-electron chi connectivity index (χ3n) is 2.60. The summed E-state index contributed by atoms with van der Waals surface area (Å²) in [5, 5.41) is 9.61. The van der Waals surface area contributed by atoms with Gasteiger partial charge in [0.25, 0.3) is 0 Å². The minimum Gasteiger partial charge on any atom is -0.396 e. The minimum absolute atomic E-state index is 0.159. The van der Waals surface area contributed by atoms with Crippen LogP contribution in [0.5, 0.6) is 0 Å². The number of hydrogen-bond donors (Lipinski definition) is 1. The van der Waals surface area contributed by atoms with Gasteiger partial charge in [0, 0.05) is 25.3 Å². The Morgan fingerprint density at radius 3 is 3.00 bits per heavy atom. The number of halogens is 1. The maximum Gasteiger partial charge on any atom is 0.135 e. The van der Waals surface area contributed by atoms with Crippen molar-refractivity contribution in [2.24, 2.45) is 0 Å². The zero-order chi connectivity index (χ0) is 12.3. The number of nitrogens with zero attached hydrogens (tertiary/aromatic N) is 2. The Kier molecular flexibility index (Phi) is 3.99. The van der Waals surface area contributed by atoms with Crippen LogP contribution in [0.4, 0.5) is 0 Å². The lowest BCUT2D eigenvalue weighted by molar-refractivity contribution is 0.173. The maximum atomic E-state index is 8.92. The number of aryl methyl sites for hydroxylation is 1. The molecule has 0 amide bonds. The van der Waals surface area contributed by atoms with E-state index in [0.29, 0.717) is 24.6 Å². The average Bonchev–Trinajstić information content (AvgIpc) is 2.64. The van der Waals surface area contributed by atoms with E-state index in [-0.39, 0.29) is 6.61 Å². The average molecular weight is 255 g/mol. The van der Waals surface area contributed by atoms with Crippen molar-refractivity contribution in [2.75, 3.05) is 13.7 Å². The Labute approximate surface area is 105 Å². The quantitative estimate of drug-likeness (QED) is 0.890. The van der Waals surface area contributed by atoms with Gasteiger partial charge in [0.15, 0.2) is 0 Å².